The molecule has 0 aromatic heterocycles. The van der Waals surface area contributed by atoms with E-state index in [2.05, 4.69) is 13.0 Å². The van der Waals surface area contributed by atoms with Gasteiger partial charge in [-0.1, -0.05) is 13.0 Å². The first-order valence-electron chi connectivity index (χ1n) is 6.35. The van der Waals surface area contributed by atoms with E-state index in [0.717, 1.165) is 11.4 Å². The SMILES string of the molecule is COc1ccc(N2C=CC3C(C)C3CC2=O)cc1. The molecule has 0 N–H and O–H groups in total. The van der Waals surface area contributed by atoms with E-state index < -0.39 is 0 Å². The fourth-order valence-corrected chi connectivity index (χ4v) is 2.76. The number of nitrogens with zero attached hydrogens (tertiary/aromatic N) is 1. The van der Waals surface area contributed by atoms with Crippen LogP contribution in [0.1, 0.15) is 13.3 Å². The second-order valence-electron chi connectivity index (χ2n) is 5.11. The van der Waals surface area contributed by atoms with Crippen LogP contribution in [0.2, 0.25) is 0 Å². The number of anilines is 1. The Kier molecular flexibility index (Phi) is 2.62. The first kappa shape index (κ1) is 11.3. The molecule has 1 aromatic rings. The minimum Gasteiger partial charge on any atom is -0.497 e. The van der Waals surface area contributed by atoms with Gasteiger partial charge >= 0.3 is 0 Å². The number of carbonyl (C=O) groups excluding carboxylic acids is 1. The summed E-state index contributed by atoms with van der Waals surface area (Å²) in [6.45, 7) is 2.22. The molecule has 1 amide bonds. The third-order valence-electron chi connectivity index (χ3n) is 4.12. The summed E-state index contributed by atoms with van der Waals surface area (Å²) >= 11 is 0. The number of fused-ring (bicyclic) bond motifs is 1. The number of hydrogen-bond acceptors (Lipinski definition) is 2. The predicted octanol–water partition coefficient (Wildman–Crippen LogP) is 2.83. The molecule has 1 aromatic carbocycles. The Hall–Kier alpha value is -1.77. The maximum absolute atomic E-state index is 12.2. The zero-order valence-corrected chi connectivity index (χ0v) is 10.7. The lowest BCUT2D eigenvalue weighted by molar-refractivity contribution is -0.118. The van der Waals surface area contributed by atoms with Crippen LogP contribution in [0.15, 0.2) is 36.5 Å². The molecule has 1 saturated carbocycles. The van der Waals surface area contributed by atoms with Crippen molar-refractivity contribution in [1.82, 2.24) is 0 Å². The van der Waals surface area contributed by atoms with E-state index in [1.165, 1.54) is 0 Å². The van der Waals surface area contributed by atoms with E-state index in [0.29, 0.717) is 24.2 Å². The summed E-state index contributed by atoms with van der Waals surface area (Å²) in [6, 6.07) is 7.60. The molecule has 0 spiro atoms. The Labute approximate surface area is 107 Å². The lowest BCUT2D eigenvalue weighted by Gasteiger charge is -2.18. The first-order chi connectivity index (χ1) is 8.70. The lowest BCUT2D eigenvalue weighted by atomic mass is 10.2. The third kappa shape index (κ3) is 1.80. The summed E-state index contributed by atoms with van der Waals surface area (Å²) in [5, 5.41) is 0. The molecule has 1 fully saturated rings. The van der Waals surface area contributed by atoms with Gasteiger partial charge in [-0.25, -0.2) is 0 Å². The van der Waals surface area contributed by atoms with Crippen LogP contribution in [0.5, 0.6) is 5.75 Å². The van der Waals surface area contributed by atoms with Gasteiger partial charge in [0.2, 0.25) is 5.91 Å². The summed E-state index contributed by atoms with van der Waals surface area (Å²) in [5.41, 5.74) is 0.908. The highest BCUT2D eigenvalue weighted by molar-refractivity contribution is 5.96. The Balaban J connectivity index is 1.84. The largest absolute Gasteiger partial charge is 0.497 e. The number of amides is 1. The zero-order valence-electron chi connectivity index (χ0n) is 10.7. The average Bonchev–Trinajstić information content (AvgIpc) is 3.04. The van der Waals surface area contributed by atoms with E-state index in [1.807, 2.05) is 30.5 Å². The highest BCUT2D eigenvalue weighted by atomic mass is 16.5. The summed E-state index contributed by atoms with van der Waals surface area (Å²) in [4.78, 5) is 13.9. The maximum atomic E-state index is 12.2. The topological polar surface area (TPSA) is 29.5 Å². The second-order valence-corrected chi connectivity index (χ2v) is 5.11. The van der Waals surface area contributed by atoms with E-state index in [-0.39, 0.29) is 5.91 Å². The van der Waals surface area contributed by atoms with Crippen molar-refractivity contribution in [3.05, 3.63) is 36.5 Å². The Bertz CT molecular complexity index is 492. The van der Waals surface area contributed by atoms with Crippen molar-refractivity contribution in [1.29, 1.82) is 0 Å². The number of ether oxygens (including phenoxy) is 1. The molecule has 3 unspecified atom stereocenters. The molecule has 94 valence electrons. The van der Waals surface area contributed by atoms with Gasteiger partial charge in [0, 0.05) is 18.3 Å². The van der Waals surface area contributed by atoms with Crippen molar-refractivity contribution >= 4 is 11.6 Å². The van der Waals surface area contributed by atoms with E-state index in [9.17, 15) is 4.79 Å². The molecule has 3 atom stereocenters. The minimum atomic E-state index is 0.188. The van der Waals surface area contributed by atoms with Crippen LogP contribution in [0.25, 0.3) is 0 Å². The summed E-state index contributed by atoms with van der Waals surface area (Å²) in [7, 11) is 1.64. The number of benzene rings is 1. The number of methoxy groups -OCH3 is 1. The van der Waals surface area contributed by atoms with Gasteiger partial charge in [0.05, 0.1) is 7.11 Å². The number of hydrogen-bond donors (Lipinski definition) is 0. The lowest BCUT2D eigenvalue weighted by Crippen LogP contribution is -2.24. The first-order valence-corrected chi connectivity index (χ1v) is 6.35. The molecule has 18 heavy (non-hydrogen) atoms. The predicted molar refractivity (Wildman–Crippen MR) is 70.4 cm³/mol. The normalized spacial score (nSPS) is 29.8. The van der Waals surface area contributed by atoms with Gasteiger partial charge in [-0.2, -0.15) is 0 Å². The van der Waals surface area contributed by atoms with Crippen LogP contribution >= 0.6 is 0 Å². The van der Waals surface area contributed by atoms with Crippen LogP contribution in [0.3, 0.4) is 0 Å². The quantitative estimate of drug-likeness (QED) is 0.799. The fraction of sp³-hybridized carbons (Fsp3) is 0.400. The molecule has 0 bridgehead atoms. The summed E-state index contributed by atoms with van der Waals surface area (Å²) in [6.07, 6.45) is 4.76. The van der Waals surface area contributed by atoms with Crippen LogP contribution < -0.4 is 9.64 Å². The van der Waals surface area contributed by atoms with Crippen LogP contribution in [0.4, 0.5) is 5.69 Å². The number of rotatable bonds is 2. The third-order valence-corrected chi connectivity index (χ3v) is 4.12. The molecule has 3 nitrogen and oxygen atoms in total. The maximum Gasteiger partial charge on any atom is 0.231 e. The van der Waals surface area contributed by atoms with Gasteiger partial charge in [0.25, 0.3) is 0 Å². The Morgan fingerprint density at radius 1 is 1.28 bits per heavy atom. The molecule has 3 heteroatoms. The second kappa shape index (κ2) is 4.16. The highest BCUT2D eigenvalue weighted by Gasteiger charge is 2.47. The van der Waals surface area contributed by atoms with Gasteiger partial charge in [-0.15, -0.1) is 0 Å². The molecular weight excluding hydrogens is 226 g/mol. The molecular formula is C15H17NO2. The van der Waals surface area contributed by atoms with Crippen molar-refractivity contribution in [2.45, 2.75) is 13.3 Å². The van der Waals surface area contributed by atoms with Gasteiger partial charge in [0.1, 0.15) is 5.75 Å². The smallest absolute Gasteiger partial charge is 0.231 e. The van der Waals surface area contributed by atoms with E-state index >= 15 is 0 Å². The monoisotopic (exact) mass is 243 g/mol. The Morgan fingerprint density at radius 2 is 2.00 bits per heavy atom. The van der Waals surface area contributed by atoms with Gasteiger partial charge in [-0.3, -0.25) is 9.69 Å². The van der Waals surface area contributed by atoms with Crippen LogP contribution in [-0.4, -0.2) is 13.0 Å². The number of allylic oxidation sites excluding steroid dienone is 1. The van der Waals surface area contributed by atoms with Crippen LogP contribution in [-0.2, 0) is 4.79 Å². The van der Waals surface area contributed by atoms with Crippen molar-refractivity contribution in [2.24, 2.45) is 17.8 Å². The van der Waals surface area contributed by atoms with E-state index in [4.69, 9.17) is 4.74 Å². The minimum absolute atomic E-state index is 0.188. The summed E-state index contributed by atoms with van der Waals surface area (Å²) in [5.74, 6) is 2.81. The zero-order chi connectivity index (χ0) is 12.7. The van der Waals surface area contributed by atoms with Gasteiger partial charge in [-0.05, 0) is 42.0 Å². The highest BCUT2D eigenvalue weighted by Crippen LogP contribution is 2.50. The fourth-order valence-electron chi connectivity index (χ4n) is 2.76. The standard InChI is InChI=1S/C15H17NO2/c1-10-13-7-8-16(15(17)9-14(10)13)11-3-5-12(18-2)6-4-11/h3-8,10,13-14H,9H2,1-2H3. The van der Waals surface area contributed by atoms with E-state index in [1.54, 1.807) is 12.0 Å². The molecule has 2 aliphatic rings. The molecule has 3 rings (SSSR count). The van der Waals surface area contributed by atoms with Crippen molar-refractivity contribution in [3.63, 3.8) is 0 Å². The van der Waals surface area contributed by atoms with Crippen LogP contribution in [0, 0.1) is 17.8 Å². The molecule has 1 heterocycles. The van der Waals surface area contributed by atoms with Gasteiger partial charge < -0.3 is 4.74 Å². The molecule has 1 aliphatic heterocycles. The molecule has 0 saturated heterocycles. The van der Waals surface area contributed by atoms with Crippen molar-refractivity contribution < 1.29 is 9.53 Å². The van der Waals surface area contributed by atoms with Crippen molar-refractivity contribution in [3.8, 4) is 5.75 Å². The van der Waals surface area contributed by atoms with Gasteiger partial charge in [0.15, 0.2) is 0 Å². The number of carbonyl (C=O) groups is 1. The Morgan fingerprint density at radius 3 is 2.67 bits per heavy atom. The van der Waals surface area contributed by atoms with Crippen molar-refractivity contribution in [2.75, 3.05) is 12.0 Å². The average molecular weight is 243 g/mol. The summed E-state index contributed by atoms with van der Waals surface area (Å²) < 4.78 is 5.12. The molecule has 0 radical (unpaired) electrons. The molecule has 1 aliphatic carbocycles.